The molecule has 1 saturated heterocycles. The molecule has 1 fully saturated rings. The van der Waals surface area contributed by atoms with Gasteiger partial charge in [0.2, 0.25) is 15.9 Å². The summed E-state index contributed by atoms with van der Waals surface area (Å²) >= 11 is 0. The van der Waals surface area contributed by atoms with Gasteiger partial charge in [0.25, 0.3) is 0 Å². The highest BCUT2D eigenvalue weighted by Gasteiger charge is 2.28. The Kier molecular flexibility index (Phi) is 7.05. The summed E-state index contributed by atoms with van der Waals surface area (Å²) in [6.45, 7) is 7.42. The van der Waals surface area contributed by atoms with Crippen LogP contribution in [-0.4, -0.2) is 56.3 Å². The number of carbonyl (C=O) groups is 1. The number of sulfonamides is 1. The maximum atomic E-state index is 13.0. The Morgan fingerprint density at radius 3 is 2.31 bits per heavy atom. The fourth-order valence-corrected chi connectivity index (χ4v) is 5.13. The van der Waals surface area contributed by atoms with E-state index in [0.717, 1.165) is 25.2 Å². The molecule has 0 bridgehead atoms. The summed E-state index contributed by atoms with van der Waals surface area (Å²) in [6, 6.07) is 16.2. The van der Waals surface area contributed by atoms with Gasteiger partial charge >= 0.3 is 0 Å². The topological polar surface area (TPSA) is 69.7 Å². The largest absolute Gasteiger partial charge is 0.326 e. The third kappa shape index (κ3) is 5.04. The number of hydrogen-bond acceptors (Lipinski definition) is 4. The molecule has 0 radical (unpaired) electrons. The summed E-state index contributed by atoms with van der Waals surface area (Å²) in [4.78, 5) is 15.2. The van der Waals surface area contributed by atoms with Crippen molar-refractivity contribution in [1.82, 2.24) is 9.21 Å². The summed E-state index contributed by atoms with van der Waals surface area (Å²) in [6.07, 6.45) is 0.662. The molecule has 1 aliphatic heterocycles. The van der Waals surface area contributed by atoms with Crippen molar-refractivity contribution in [3.63, 3.8) is 0 Å². The standard InChI is InChI=1S/C22H29N3O3S/c1-3-21(18-9-6-5-7-10-18)22(26)23-19-11-8-12-20(17-19)29(27,28)25-15-13-24(4-2)14-16-25/h5-12,17,21H,3-4,13-16H2,1-2H3,(H,23,26). The summed E-state index contributed by atoms with van der Waals surface area (Å²) in [7, 11) is -3.57. The van der Waals surface area contributed by atoms with Crippen LogP contribution in [0.1, 0.15) is 31.7 Å². The minimum absolute atomic E-state index is 0.134. The fraction of sp³-hybridized carbons (Fsp3) is 0.409. The average Bonchev–Trinajstić information content (AvgIpc) is 2.75. The van der Waals surface area contributed by atoms with Gasteiger partial charge in [-0.05, 0) is 36.7 Å². The number of piperazine rings is 1. The van der Waals surface area contributed by atoms with E-state index < -0.39 is 10.0 Å². The maximum absolute atomic E-state index is 13.0. The van der Waals surface area contributed by atoms with Crippen LogP contribution in [-0.2, 0) is 14.8 Å². The number of amides is 1. The van der Waals surface area contributed by atoms with E-state index in [4.69, 9.17) is 0 Å². The Morgan fingerprint density at radius 2 is 1.69 bits per heavy atom. The molecule has 2 aromatic carbocycles. The van der Waals surface area contributed by atoms with E-state index in [-0.39, 0.29) is 16.7 Å². The zero-order valence-corrected chi connectivity index (χ0v) is 17.9. The second-order valence-electron chi connectivity index (χ2n) is 7.23. The van der Waals surface area contributed by atoms with Gasteiger partial charge in [-0.15, -0.1) is 0 Å². The normalized spacial score (nSPS) is 17.0. The molecule has 0 aliphatic carbocycles. The van der Waals surface area contributed by atoms with Crippen LogP contribution in [0.25, 0.3) is 0 Å². The molecule has 6 nitrogen and oxygen atoms in total. The molecule has 1 heterocycles. The number of nitrogens with zero attached hydrogens (tertiary/aromatic N) is 2. The highest BCUT2D eigenvalue weighted by Crippen LogP contribution is 2.24. The van der Waals surface area contributed by atoms with Crippen molar-refractivity contribution in [1.29, 1.82) is 0 Å². The third-order valence-corrected chi connectivity index (χ3v) is 7.34. The van der Waals surface area contributed by atoms with E-state index in [9.17, 15) is 13.2 Å². The molecular formula is C22H29N3O3S. The SMILES string of the molecule is CCC(C(=O)Nc1cccc(S(=O)(=O)N2CCN(CC)CC2)c1)c1ccccc1. The Morgan fingerprint density at radius 1 is 1.00 bits per heavy atom. The molecule has 0 saturated carbocycles. The van der Waals surface area contributed by atoms with Gasteiger partial charge in [0.05, 0.1) is 10.8 Å². The molecule has 156 valence electrons. The first-order valence-electron chi connectivity index (χ1n) is 10.1. The van der Waals surface area contributed by atoms with Gasteiger partial charge in [-0.2, -0.15) is 4.31 Å². The number of likely N-dealkylation sites (N-methyl/N-ethyl adjacent to an activating group) is 1. The van der Waals surface area contributed by atoms with E-state index in [1.54, 1.807) is 24.3 Å². The summed E-state index contributed by atoms with van der Waals surface area (Å²) in [5, 5.41) is 2.89. The van der Waals surface area contributed by atoms with Crippen molar-refractivity contribution >= 4 is 21.6 Å². The van der Waals surface area contributed by atoms with Crippen LogP contribution in [0.4, 0.5) is 5.69 Å². The van der Waals surface area contributed by atoms with E-state index in [1.807, 2.05) is 37.3 Å². The van der Waals surface area contributed by atoms with E-state index in [0.29, 0.717) is 25.2 Å². The first kappa shape index (κ1) is 21.5. The van der Waals surface area contributed by atoms with E-state index in [1.165, 1.54) is 4.31 Å². The lowest BCUT2D eigenvalue weighted by Gasteiger charge is -2.33. The number of nitrogens with one attached hydrogen (secondary N) is 1. The average molecular weight is 416 g/mol. The van der Waals surface area contributed by atoms with Crippen molar-refractivity contribution < 1.29 is 13.2 Å². The monoisotopic (exact) mass is 415 g/mol. The molecule has 29 heavy (non-hydrogen) atoms. The molecule has 0 spiro atoms. The van der Waals surface area contributed by atoms with Crippen LogP contribution < -0.4 is 5.32 Å². The Labute approximate surface area is 173 Å². The van der Waals surface area contributed by atoms with Crippen LogP contribution in [0, 0.1) is 0 Å². The first-order chi connectivity index (χ1) is 14.0. The Bertz CT molecular complexity index is 923. The van der Waals surface area contributed by atoms with Gasteiger partial charge in [-0.3, -0.25) is 4.79 Å². The van der Waals surface area contributed by atoms with Crippen molar-refractivity contribution in [3.8, 4) is 0 Å². The molecular weight excluding hydrogens is 386 g/mol. The number of hydrogen-bond donors (Lipinski definition) is 1. The lowest BCUT2D eigenvalue weighted by atomic mass is 9.95. The van der Waals surface area contributed by atoms with Crippen molar-refractivity contribution in [2.45, 2.75) is 31.1 Å². The van der Waals surface area contributed by atoms with Crippen molar-refractivity contribution in [2.24, 2.45) is 0 Å². The molecule has 1 N–H and O–H groups in total. The fourth-order valence-electron chi connectivity index (χ4n) is 3.66. The number of carbonyl (C=O) groups excluding carboxylic acids is 1. The third-order valence-electron chi connectivity index (χ3n) is 5.44. The quantitative estimate of drug-likeness (QED) is 0.754. The van der Waals surface area contributed by atoms with Gasteiger partial charge < -0.3 is 10.2 Å². The minimum Gasteiger partial charge on any atom is -0.326 e. The van der Waals surface area contributed by atoms with Crippen molar-refractivity contribution in [2.75, 3.05) is 38.0 Å². The van der Waals surface area contributed by atoms with Crippen LogP contribution in [0.2, 0.25) is 0 Å². The second kappa shape index (κ2) is 9.52. The van der Waals surface area contributed by atoms with Gasteiger partial charge in [-0.25, -0.2) is 8.42 Å². The predicted octanol–water partition coefficient (Wildman–Crippen LogP) is 3.15. The van der Waals surface area contributed by atoms with Crippen LogP contribution in [0.15, 0.2) is 59.5 Å². The van der Waals surface area contributed by atoms with Crippen molar-refractivity contribution in [3.05, 3.63) is 60.2 Å². The number of benzene rings is 2. The van der Waals surface area contributed by atoms with E-state index in [2.05, 4.69) is 17.1 Å². The zero-order valence-electron chi connectivity index (χ0n) is 17.0. The molecule has 3 rings (SSSR count). The van der Waals surface area contributed by atoms with E-state index >= 15 is 0 Å². The minimum atomic E-state index is -3.57. The lowest BCUT2D eigenvalue weighted by molar-refractivity contribution is -0.117. The summed E-state index contributed by atoms with van der Waals surface area (Å²) in [5.41, 5.74) is 1.45. The van der Waals surface area contributed by atoms with Gasteiger partial charge in [0.15, 0.2) is 0 Å². The maximum Gasteiger partial charge on any atom is 0.243 e. The number of anilines is 1. The molecule has 1 amide bonds. The molecule has 0 aromatic heterocycles. The summed E-state index contributed by atoms with van der Waals surface area (Å²) < 4.78 is 27.6. The first-order valence-corrected chi connectivity index (χ1v) is 11.6. The molecule has 1 aliphatic rings. The van der Waals surface area contributed by atoms with Gasteiger partial charge in [0.1, 0.15) is 0 Å². The zero-order chi connectivity index (χ0) is 20.9. The van der Waals surface area contributed by atoms with Crippen LogP contribution >= 0.6 is 0 Å². The Hall–Kier alpha value is -2.22. The number of rotatable bonds is 7. The highest BCUT2D eigenvalue weighted by atomic mass is 32.2. The smallest absolute Gasteiger partial charge is 0.243 e. The lowest BCUT2D eigenvalue weighted by Crippen LogP contribution is -2.48. The summed E-state index contributed by atoms with van der Waals surface area (Å²) in [5.74, 6) is -0.414. The van der Waals surface area contributed by atoms with Gasteiger partial charge in [-0.1, -0.05) is 50.2 Å². The highest BCUT2D eigenvalue weighted by molar-refractivity contribution is 7.89. The molecule has 7 heteroatoms. The van der Waals surface area contributed by atoms with Crippen LogP contribution in [0.3, 0.4) is 0 Å². The molecule has 2 aromatic rings. The predicted molar refractivity (Wildman–Crippen MR) is 115 cm³/mol. The van der Waals surface area contributed by atoms with Gasteiger partial charge in [0, 0.05) is 31.9 Å². The second-order valence-corrected chi connectivity index (χ2v) is 9.16. The molecule has 1 unspecified atom stereocenters. The molecule has 1 atom stereocenters. The van der Waals surface area contributed by atoms with Crippen LogP contribution in [0.5, 0.6) is 0 Å². The Balaban J connectivity index is 1.74.